The number of hydrogen-bond donors (Lipinski definition) is 2. The van der Waals surface area contributed by atoms with Crippen molar-refractivity contribution in [2.75, 3.05) is 11.1 Å². The van der Waals surface area contributed by atoms with Crippen molar-refractivity contribution >= 4 is 29.3 Å². The molecule has 0 aliphatic carbocycles. The molecule has 3 N–H and O–H groups in total. The molecule has 24 heavy (non-hydrogen) atoms. The number of aromatic nitrogens is 3. The van der Waals surface area contributed by atoms with Gasteiger partial charge in [-0.1, -0.05) is 48.0 Å². The van der Waals surface area contributed by atoms with E-state index in [0.29, 0.717) is 17.5 Å². The van der Waals surface area contributed by atoms with Gasteiger partial charge in [-0.3, -0.25) is 0 Å². The highest BCUT2D eigenvalue weighted by molar-refractivity contribution is 7.97. The molecule has 6 heteroatoms. The first-order chi connectivity index (χ1) is 11.7. The van der Waals surface area contributed by atoms with Gasteiger partial charge >= 0.3 is 0 Å². The first-order valence-corrected chi connectivity index (χ1v) is 8.80. The average Bonchev–Trinajstić information content (AvgIpc) is 2.57. The van der Waals surface area contributed by atoms with Gasteiger partial charge in [0, 0.05) is 11.4 Å². The van der Waals surface area contributed by atoms with Crippen molar-refractivity contribution in [1.82, 2.24) is 15.0 Å². The molecule has 1 heterocycles. The van der Waals surface area contributed by atoms with E-state index in [-0.39, 0.29) is 5.95 Å². The Hall–Kier alpha value is -2.60. The Morgan fingerprint density at radius 1 is 0.917 bits per heavy atom. The van der Waals surface area contributed by atoms with Crippen molar-refractivity contribution in [3.8, 4) is 0 Å². The predicted molar refractivity (Wildman–Crippen MR) is 100 cm³/mol. The van der Waals surface area contributed by atoms with Crippen LogP contribution in [0.2, 0.25) is 0 Å². The minimum atomic E-state index is 0.231. The van der Waals surface area contributed by atoms with Gasteiger partial charge < -0.3 is 11.1 Å². The van der Waals surface area contributed by atoms with Gasteiger partial charge in [0.15, 0.2) is 0 Å². The number of nitrogen functional groups attached to an aromatic ring is 1. The molecule has 3 aromatic rings. The molecule has 0 amide bonds. The Morgan fingerprint density at radius 3 is 2.42 bits per heavy atom. The van der Waals surface area contributed by atoms with Crippen LogP contribution in [0.15, 0.2) is 54.6 Å². The monoisotopic (exact) mass is 337 g/mol. The number of anilines is 3. The van der Waals surface area contributed by atoms with Crippen LogP contribution in [0.4, 0.5) is 17.6 Å². The number of nitrogens with one attached hydrogen (secondary N) is 1. The predicted octanol–water partition coefficient (Wildman–Crippen LogP) is 3.94. The van der Waals surface area contributed by atoms with E-state index in [2.05, 4.69) is 51.5 Å². The molecule has 0 saturated carbocycles. The van der Waals surface area contributed by atoms with Gasteiger partial charge in [0.25, 0.3) is 0 Å². The zero-order chi connectivity index (χ0) is 16.8. The van der Waals surface area contributed by atoms with Gasteiger partial charge in [-0.25, -0.2) is 0 Å². The van der Waals surface area contributed by atoms with Gasteiger partial charge in [0.05, 0.1) is 5.75 Å². The number of para-hydroxylation sites is 1. The van der Waals surface area contributed by atoms with Crippen LogP contribution in [0, 0.1) is 6.92 Å². The van der Waals surface area contributed by atoms with Gasteiger partial charge in [-0.2, -0.15) is 15.0 Å². The molecule has 0 fully saturated rings. The Labute approximate surface area is 145 Å². The van der Waals surface area contributed by atoms with Crippen LogP contribution >= 0.6 is 11.8 Å². The lowest BCUT2D eigenvalue weighted by molar-refractivity contribution is 0.982. The van der Waals surface area contributed by atoms with Crippen LogP contribution in [0.3, 0.4) is 0 Å². The Balaban J connectivity index is 1.62. The summed E-state index contributed by atoms with van der Waals surface area (Å²) in [5, 5.41) is 3.15. The lowest BCUT2D eigenvalue weighted by atomic mass is 10.2. The smallest absolute Gasteiger partial charge is 0.232 e. The normalized spacial score (nSPS) is 10.5. The molecule has 2 aromatic carbocycles. The molecule has 0 saturated heterocycles. The standard InChI is InChI=1S/C18H19N5S/c1-13-7-9-14(10-8-13)11-24-12-16-21-17(19)23-18(22-16)20-15-5-3-2-4-6-15/h2-10H,11-12H2,1H3,(H3,19,20,21,22,23). The maximum atomic E-state index is 5.80. The average molecular weight is 337 g/mol. The van der Waals surface area contributed by atoms with Crippen LogP contribution in [0.5, 0.6) is 0 Å². The van der Waals surface area contributed by atoms with Gasteiger partial charge in [0.2, 0.25) is 11.9 Å². The van der Waals surface area contributed by atoms with Crippen molar-refractivity contribution in [2.45, 2.75) is 18.4 Å². The maximum absolute atomic E-state index is 5.80. The minimum Gasteiger partial charge on any atom is -0.368 e. The van der Waals surface area contributed by atoms with Crippen molar-refractivity contribution in [2.24, 2.45) is 0 Å². The quantitative estimate of drug-likeness (QED) is 0.709. The second-order valence-corrected chi connectivity index (χ2v) is 6.39. The lowest BCUT2D eigenvalue weighted by Crippen LogP contribution is -2.06. The van der Waals surface area contributed by atoms with Crippen LogP contribution in [-0.2, 0) is 11.5 Å². The van der Waals surface area contributed by atoms with Crippen molar-refractivity contribution in [3.63, 3.8) is 0 Å². The summed E-state index contributed by atoms with van der Waals surface area (Å²) in [5.41, 5.74) is 9.28. The molecule has 0 aliphatic rings. The van der Waals surface area contributed by atoms with E-state index in [9.17, 15) is 0 Å². The zero-order valence-corrected chi connectivity index (χ0v) is 14.3. The van der Waals surface area contributed by atoms with E-state index in [4.69, 9.17) is 5.73 Å². The Kier molecular flexibility index (Phi) is 5.28. The molecule has 0 spiro atoms. The van der Waals surface area contributed by atoms with Gasteiger partial charge in [-0.15, -0.1) is 11.8 Å². The molecule has 0 aliphatic heterocycles. The summed E-state index contributed by atoms with van der Waals surface area (Å²) < 4.78 is 0. The summed E-state index contributed by atoms with van der Waals surface area (Å²) in [6.07, 6.45) is 0. The molecule has 0 radical (unpaired) electrons. The zero-order valence-electron chi connectivity index (χ0n) is 13.4. The van der Waals surface area contributed by atoms with Gasteiger partial charge in [-0.05, 0) is 24.6 Å². The number of nitrogens with zero attached hydrogens (tertiary/aromatic N) is 3. The fourth-order valence-electron chi connectivity index (χ4n) is 2.15. The molecule has 122 valence electrons. The third-order valence-electron chi connectivity index (χ3n) is 3.35. The second-order valence-electron chi connectivity index (χ2n) is 5.40. The Bertz CT molecular complexity index is 790. The number of rotatable bonds is 6. The summed E-state index contributed by atoms with van der Waals surface area (Å²) >= 11 is 1.75. The molecule has 0 bridgehead atoms. The highest BCUT2D eigenvalue weighted by atomic mass is 32.2. The summed E-state index contributed by atoms with van der Waals surface area (Å²) in [4.78, 5) is 12.8. The van der Waals surface area contributed by atoms with E-state index in [0.717, 1.165) is 11.4 Å². The largest absolute Gasteiger partial charge is 0.368 e. The van der Waals surface area contributed by atoms with Crippen molar-refractivity contribution in [1.29, 1.82) is 0 Å². The fourth-order valence-corrected chi connectivity index (χ4v) is 3.00. The molecule has 0 unspecified atom stereocenters. The van der Waals surface area contributed by atoms with E-state index in [1.54, 1.807) is 11.8 Å². The fraction of sp³-hybridized carbons (Fsp3) is 0.167. The molecular weight excluding hydrogens is 318 g/mol. The summed E-state index contributed by atoms with van der Waals surface area (Å²) in [6, 6.07) is 18.3. The van der Waals surface area contributed by atoms with E-state index >= 15 is 0 Å². The highest BCUT2D eigenvalue weighted by Crippen LogP contribution is 2.18. The first-order valence-electron chi connectivity index (χ1n) is 7.65. The lowest BCUT2D eigenvalue weighted by Gasteiger charge is -2.07. The second kappa shape index (κ2) is 7.79. The van der Waals surface area contributed by atoms with Crippen LogP contribution < -0.4 is 11.1 Å². The summed E-state index contributed by atoms with van der Waals surface area (Å²) in [6.45, 7) is 2.09. The number of benzene rings is 2. The van der Waals surface area contributed by atoms with Gasteiger partial charge in [0.1, 0.15) is 5.82 Å². The van der Waals surface area contributed by atoms with E-state index in [1.807, 2.05) is 30.3 Å². The van der Waals surface area contributed by atoms with Crippen molar-refractivity contribution < 1.29 is 0 Å². The molecule has 3 rings (SSSR count). The van der Waals surface area contributed by atoms with Crippen molar-refractivity contribution in [3.05, 3.63) is 71.5 Å². The topological polar surface area (TPSA) is 76.7 Å². The summed E-state index contributed by atoms with van der Waals surface area (Å²) in [7, 11) is 0. The van der Waals surface area contributed by atoms with Crippen LogP contribution in [0.25, 0.3) is 0 Å². The number of nitrogens with two attached hydrogens (primary N) is 1. The maximum Gasteiger partial charge on any atom is 0.232 e. The highest BCUT2D eigenvalue weighted by Gasteiger charge is 2.05. The van der Waals surface area contributed by atoms with Crippen LogP contribution in [-0.4, -0.2) is 15.0 Å². The van der Waals surface area contributed by atoms with E-state index < -0.39 is 0 Å². The molecule has 0 atom stereocenters. The number of thioether (sulfide) groups is 1. The number of aryl methyl sites for hydroxylation is 1. The van der Waals surface area contributed by atoms with Crippen LogP contribution in [0.1, 0.15) is 17.0 Å². The first kappa shape index (κ1) is 16.3. The summed E-state index contributed by atoms with van der Waals surface area (Å²) in [5.74, 6) is 2.98. The van der Waals surface area contributed by atoms with E-state index in [1.165, 1.54) is 11.1 Å². The molecule has 5 nitrogen and oxygen atoms in total. The SMILES string of the molecule is Cc1ccc(CSCc2nc(N)nc(Nc3ccccc3)n2)cc1. The Morgan fingerprint density at radius 2 is 1.67 bits per heavy atom. The third kappa shape index (κ3) is 4.70. The molecule has 1 aromatic heterocycles. The third-order valence-corrected chi connectivity index (χ3v) is 4.35. The molecular formula is C18H19N5S. The minimum absolute atomic E-state index is 0.231. The number of hydrogen-bond acceptors (Lipinski definition) is 6.